The third-order valence-electron chi connectivity index (χ3n) is 1.37. The molecule has 0 aromatic rings. The standard InChI is InChI=1S/C5H11BO3/c1-6-8-3-5(7-2)4-9-6/h5H,3-4H2,1-2H3. The fraction of sp³-hybridized carbons (Fsp3) is 1.00. The summed E-state index contributed by atoms with van der Waals surface area (Å²) < 4.78 is 15.3. The first kappa shape index (κ1) is 7.06. The number of hydrogen-bond donors (Lipinski definition) is 0. The summed E-state index contributed by atoms with van der Waals surface area (Å²) in [5.74, 6) is 0. The predicted octanol–water partition coefficient (Wildman–Crippen LogP) is 0.166. The van der Waals surface area contributed by atoms with Crippen LogP contribution in [0.3, 0.4) is 0 Å². The van der Waals surface area contributed by atoms with Crippen molar-refractivity contribution in [2.24, 2.45) is 0 Å². The Hall–Kier alpha value is -0.0551. The summed E-state index contributed by atoms with van der Waals surface area (Å²) >= 11 is 0. The van der Waals surface area contributed by atoms with E-state index >= 15 is 0 Å². The van der Waals surface area contributed by atoms with Crippen molar-refractivity contribution < 1.29 is 14.0 Å². The maximum Gasteiger partial charge on any atom is 0.453 e. The average molecular weight is 130 g/mol. The Balaban J connectivity index is 2.18. The minimum atomic E-state index is -0.0589. The fourth-order valence-electron chi connectivity index (χ4n) is 0.718. The Bertz CT molecular complexity index is 80.3. The molecule has 0 aromatic carbocycles. The van der Waals surface area contributed by atoms with E-state index in [9.17, 15) is 0 Å². The molecule has 3 nitrogen and oxygen atoms in total. The molecule has 1 aliphatic rings. The fourth-order valence-corrected chi connectivity index (χ4v) is 0.718. The summed E-state index contributed by atoms with van der Waals surface area (Å²) in [5.41, 5.74) is 0. The van der Waals surface area contributed by atoms with Gasteiger partial charge in [-0.2, -0.15) is 0 Å². The van der Waals surface area contributed by atoms with Gasteiger partial charge in [-0.05, 0) is 6.82 Å². The molecule has 0 bridgehead atoms. The van der Waals surface area contributed by atoms with E-state index in [2.05, 4.69) is 0 Å². The molecular formula is C5H11BO3. The molecule has 0 aliphatic carbocycles. The van der Waals surface area contributed by atoms with E-state index in [1.165, 1.54) is 0 Å². The Morgan fingerprint density at radius 2 is 2.00 bits per heavy atom. The van der Waals surface area contributed by atoms with Crippen LogP contribution in [-0.2, 0) is 14.0 Å². The zero-order chi connectivity index (χ0) is 6.69. The van der Waals surface area contributed by atoms with E-state index in [-0.39, 0.29) is 13.2 Å². The summed E-state index contributed by atoms with van der Waals surface area (Å²) in [7, 11) is 1.60. The minimum absolute atomic E-state index is 0.0589. The monoisotopic (exact) mass is 130 g/mol. The Morgan fingerprint density at radius 3 is 2.44 bits per heavy atom. The first-order valence-electron chi connectivity index (χ1n) is 3.09. The van der Waals surface area contributed by atoms with Crippen LogP contribution in [0.4, 0.5) is 0 Å². The molecule has 0 atom stereocenters. The lowest BCUT2D eigenvalue weighted by molar-refractivity contribution is -0.0205. The zero-order valence-corrected chi connectivity index (χ0v) is 5.79. The average Bonchev–Trinajstić information content (AvgIpc) is 1.90. The highest BCUT2D eigenvalue weighted by atomic mass is 16.6. The maximum atomic E-state index is 5.13. The third kappa shape index (κ3) is 1.97. The second-order valence-electron chi connectivity index (χ2n) is 2.09. The van der Waals surface area contributed by atoms with Gasteiger partial charge < -0.3 is 14.0 Å². The lowest BCUT2D eigenvalue weighted by Gasteiger charge is -2.24. The van der Waals surface area contributed by atoms with Gasteiger partial charge in [-0.1, -0.05) is 0 Å². The van der Waals surface area contributed by atoms with Gasteiger partial charge in [0.1, 0.15) is 6.10 Å². The van der Waals surface area contributed by atoms with Crippen LogP contribution in [-0.4, -0.2) is 33.5 Å². The van der Waals surface area contributed by atoms with Gasteiger partial charge >= 0.3 is 7.12 Å². The highest BCUT2D eigenvalue weighted by Gasteiger charge is 2.21. The van der Waals surface area contributed by atoms with Crippen LogP contribution in [0.15, 0.2) is 0 Å². The molecule has 0 N–H and O–H groups in total. The molecule has 0 amide bonds. The van der Waals surface area contributed by atoms with Gasteiger partial charge in [0.05, 0.1) is 13.2 Å². The van der Waals surface area contributed by atoms with Crippen molar-refractivity contribution >= 4 is 7.12 Å². The van der Waals surface area contributed by atoms with Crippen LogP contribution < -0.4 is 0 Å². The quantitative estimate of drug-likeness (QED) is 0.473. The van der Waals surface area contributed by atoms with Crippen LogP contribution in [0.5, 0.6) is 0 Å². The topological polar surface area (TPSA) is 27.7 Å². The van der Waals surface area contributed by atoms with Crippen molar-refractivity contribution in [1.82, 2.24) is 0 Å². The smallest absolute Gasteiger partial charge is 0.409 e. The normalized spacial score (nSPS) is 22.7. The first-order chi connectivity index (χ1) is 4.33. The summed E-state index contributed by atoms with van der Waals surface area (Å²) in [4.78, 5) is 0. The second kappa shape index (κ2) is 3.20. The molecule has 1 saturated heterocycles. The second-order valence-corrected chi connectivity index (χ2v) is 2.09. The minimum Gasteiger partial charge on any atom is -0.409 e. The predicted molar refractivity (Wildman–Crippen MR) is 34.3 cm³/mol. The molecule has 1 aliphatic heterocycles. The van der Waals surface area contributed by atoms with Gasteiger partial charge in [-0.25, -0.2) is 0 Å². The van der Waals surface area contributed by atoms with Crippen molar-refractivity contribution in [2.75, 3.05) is 20.3 Å². The summed E-state index contributed by atoms with van der Waals surface area (Å²) in [6, 6.07) is 0. The van der Waals surface area contributed by atoms with E-state index in [1.807, 2.05) is 6.82 Å². The van der Waals surface area contributed by atoms with Crippen LogP contribution in [0.25, 0.3) is 0 Å². The van der Waals surface area contributed by atoms with E-state index in [0.717, 1.165) is 0 Å². The molecule has 1 heterocycles. The van der Waals surface area contributed by atoms with Gasteiger partial charge in [0.15, 0.2) is 0 Å². The van der Waals surface area contributed by atoms with Crippen LogP contribution in [0, 0.1) is 0 Å². The summed E-state index contributed by atoms with van der Waals surface area (Å²) in [6.45, 7) is 3.18. The van der Waals surface area contributed by atoms with Crippen molar-refractivity contribution in [3.63, 3.8) is 0 Å². The molecule has 1 rings (SSSR count). The largest absolute Gasteiger partial charge is 0.453 e. The summed E-state index contributed by atoms with van der Waals surface area (Å²) in [6.07, 6.45) is 0.126. The third-order valence-corrected chi connectivity index (χ3v) is 1.37. The molecule has 0 unspecified atom stereocenters. The highest BCUT2D eigenvalue weighted by molar-refractivity contribution is 6.42. The van der Waals surface area contributed by atoms with Crippen molar-refractivity contribution in [2.45, 2.75) is 12.9 Å². The lowest BCUT2D eigenvalue weighted by Crippen LogP contribution is -2.37. The van der Waals surface area contributed by atoms with Crippen molar-refractivity contribution in [1.29, 1.82) is 0 Å². The van der Waals surface area contributed by atoms with Crippen molar-refractivity contribution in [3.05, 3.63) is 0 Å². The lowest BCUT2D eigenvalue weighted by atomic mass is 9.94. The molecule has 0 aromatic heterocycles. The number of hydrogen-bond acceptors (Lipinski definition) is 3. The number of rotatable bonds is 1. The van der Waals surface area contributed by atoms with E-state index in [0.29, 0.717) is 13.2 Å². The molecule has 0 spiro atoms. The van der Waals surface area contributed by atoms with Crippen molar-refractivity contribution in [3.8, 4) is 0 Å². The molecule has 4 heteroatoms. The Morgan fingerprint density at radius 1 is 1.44 bits per heavy atom. The van der Waals surface area contributed by atoms with Crippen LogP contribution in [0.2, 0.25) is 6.82 Å². The maximum absolute atomic E-state index is 5.13. The molecule has 0 saturated carbocycles. The molecular weight excluding hydrogens is 119 g/mol. The Labute approximate surface area is 55.4 Å². The zero-order valence-electron chi connectivity index (χ0n) is 5.79. The molecule has 9 heavy (non-hydrogen) atoms. The van der Waals surface area contributed by atoms with Crippen LogP contribution >= 0.6 is 0 Å². The molecule has 52 valence electrons. The molecule has 0 radical (unpaired) electrons. The van der Waals surface area contributed by atoms with E-state index in [4.69, 9.17) is 14.0 Å². The van der Waals surface area contributed by atoms with Gasteiger partial charge in [-0.15, -0.1) is 0 Å². The SMILES string of the molecule is COC1COB(C)OC1. The summed E-state index contributed by atoms with van der Waals surface area (Å²) in [5, 5.41) is 0. The first-order valence-corrected chi connectivity index (χ1v) is 3.09. The number of ether oxygens (including phenoxy) is 1. The van der Waals surface area contributed by atoms with Gasteiger partial charge in [0.2, 0.25) is 0 Å². The van der Waals surface area contributed by atoms with Gasteiger partial charge in [-0.3, -0.25) is 0 Å². The highest BCUT2D eigenvalue weighted by Crippen LogP contribution is 2.03. The van der Waals surface area contributed by atoms with E-state index < -0.39 is 0 Å². The van der Waals surface area contributed by atoms with E-state index in [1.54, 1.807) is 7.11 Å². The number of methoxy groups -OCH3 is 1. The molecule has 1 fully saturated rings. The van der Waals surface area contributed by atoms with Gasteiger partial charge in [0, 0.05) is 7.11 Å². The van der Waals surface area contributed by atoms with Gasteiger partial charge in [0.25, 0.3) is 0 Å². The Kier molecular flexibility index (Phi) is 2.51. The van der Waals surface area contributed by atoms with Crippen LogP contribution in [0.1, 0.15) is 0 Å².